The van der Waals surface area contributed by atoms with Crippen molar-refractivity contribution in [3.05, 3.63) is 22.7 Å². The molecule has 23 heavy (non-hydrogen) atoms. The highest BCUT2D eigenvalue weighted by Gasteiger charge is 2.32. The van der Waals surface area contributed by atoms with Crippen LogP contribution in [0.25, 0.3) is 0 Å². The monoisotopic (exact) mass is 358 g/mol. The van der Waals surface area contributed by atoms with Crippen molar-refractivity contribution in [2.45, 2.75) is 19.4 Å². The lowest BCUT2D eigenvalue weighted by Crippen LogP contribution is -2.39. The van der Waals surface area contributed by atoms with E-state index in [2.05, 4.69) is 16.3 Å². The number of fused-ring (bicyclic) bond motifs is 2. The number of rotatable bonds is 2. The van der Waals surface area contributed by atoms with Crippen LogP contribution in [0.15, 0.2) is 12.1 Å². The van der Waals surface area contributed by atoms with Gasteiger partial charge in [0.2, 0.25) is 0 Å². The third-order valence-corrected chi connectivity index (χ3v) is 5.34. The Bertz CT molecular complexity index is 556. The summed E-state index contributed by atoms with van der Waals surface area (Å²) in [5.74, 6) is 3.20. The molecular weight excluding hydrogens is 335 g/mol. The zero-order chi connectivity index (χ0) is 14.9. The Balaban J connectivity index is 0.00000156. The molecule has 2 unspecified atom stereocenters. The van der Waals surface area contributed by atoms with Gasteiger partial charge in [-0.25, -0.2) is 0 Å². The van der Waals surface area contributed by atoms with Gasteiger partial charge in [0.25, 0.3) is 0 Å². The van der Waals surface area contributed by atoms with Crippen molar-refractivity contribution in [2.24, 2.45) is 11.8 Å². The fourth-order valence-electron chi connectivity index (χ4n) is 3.89. The van der Waals surface area contributed by atoms with E-state index in [1.165, 1.54) is 38.2 Å². The van der Waals surface area contributed by atoms with Crippen LogP contribution in [-0.2, 0) is 6.54 Å². The minimum Gasteiger partial charge on any atom is -0.489 e. The molecule has 3 heterocycles. The minimum absolute atomic E-state index is 0. The summed E-state index contributed by atoms with van der Waals surface area (Å²) < 4.78 is 11.5. The molecule has 4 rings (SSSR count). The predicted octanol–water partition coefficient (Wildman–Crippen LogP) is 2.96. The molecule has 4 nitrogen and oxygen atoms in total. The van der Waals surface area contributed by atoms with E-state index >= 15 is 0 Å². The third kappa shape index (κ3) is 3.71. The smallest absolute Gasteiger partial charge is 0.179 e. The Hall–Kier alpha value is -0.680. The van der Waals surface area contributed by atoms with E-state index < -0.39 is 0 Å². The van der Waals surface area contributed by atoms with Crippen molar-refractivity contribution in [3.63, 3.8) is 0 Å². The molecule has 0 spiro atoms. The molecule has 0 radical (unpaired) electrons. The molecular formula is C17H24Cl2N2O2. The number of hydrogen-bond acceptors (Lipinski definition) is 4. The van der Waals surface area contributed by atoms with Crippen LogP contribution in [0.1, 0.15) is 18.4 Å². The maximum Gasteiger partial charge on any atom is 0.179 e. The summed E-state index contributed by atoms with van der Waals surface area (Å²) in [5, 5.41) is 4.19. The third-order valence-electron chi connectivity index (χ3n) is 5.06. The predicted molar refractivity (Wildman–Crippen MR) is 94.1 cm³/mol. The summed E-state index contributed by atoms with van der Waals surface area (Å²) in [5.41, 5.74) is 1.22. The van der Waals surface area contributed by atoms with E-state index in [1.807, 2.05) is 6.07 Å². The van der Waals surface area contributed by atoms with Crippen molar-refractivity contribution >= 4 is 24.0 Å². The number of hydrogen-bond donors (Lipinski definition) is 1. The van der Waals surface area contributed by atoms with Crippen LogP contribution in [0.3, 0.4) is 0 Å². The van der Waals surface area contributed by atoms with Crippen molar-refractivity contribution in [3.8, 4) is 11.5 Å². The molecule has 3 aliphatic rings. The highest BCUT2D eigenvalue weighted by Crippen LogP contribution is 2.38. The summed E-state index contributed by atoms with van der Waals surface area (Å²) >= 11 is 6.39. The normalized spacial score (nSPS) is 27.0. The molecule has 1 aromatic carbocycles. The molecule has 0 amide bonds. The van der Waals surface area contributed by atoms with Crippen molar-refractivity contribution < 1.29 is 9.47 Å². The number of nitrogens with zero attached hydrogens (tertiary/aromatic N) is 1. The van der Waals surface area contributed by atoms with Crippen LogP contribution in [-0.4, -0.2) is 44.3 Å². The Morgan fingerprint density at radius 1 is 1.17 bits per heavy atom. The molecule has 128 valence electrons. The fourth-order valence-corrected chi connectivity index (χ4v) is 4.18. The van der Waals surface area contributed by atoms with Crippen LogP contribution in [0.5, 0.6) is 11.5 Å². The Labute approximate surface area is 148 Å². The summed E-state index contributed by atoms with van der Waals surface area (Å²) in [7, 11) is 0. The minimum atomic E-state index is 0. The molecule has 2 atom stereocenters. The van der Waals surface area contributed by atoms with Gasteiger partial charge in [-0.05, 0) is 55.6 Å². The van der Waals surface area contributed by atoms with Gasteiger partial charge in [-0.15, -0.1) is 12.4 Å². The standard InChI is InChI=1S/C17H23ClN2O2.ClH/c18-15-6-12(7-16-17(15)22-5-1-4-21-16)10-20-3-2-13-8-19-9-14(13)11-20;/h6-7,13-14,19H,1-5,8-11H2;1H. The van der Waals surface area contributed by atoms with E-state index in [0.29, 0.717) is 24.0 Å². The topological polar surface area (TPSA) is 33.7 Å². The average Bonchev–Trinajstić information content (AvgIpc) is 2.83. The lowest BCUT2D eigenvalue weighted by Gasteiger charge is -2.34. The van der Waals surface area contributed by atoms with Crippen LogP contribution in [0, 0.1) is 11.8 Å². The van der Waals surface area contributed by atoms with Crippen molar-refractivity contribution in [2.75, 3.05) is 39.4 Å². The molecule has 0 bridgehead atoms. The second-order valence-electron chi connectivity index (χ2n) is 6.66. The van der Waals surface area contributed by atoms with Gasteiger partial charge in [0, 0.05) is 19.5 Å². The maximum absolute atomic E-state index is 6.39. The highest BCUT2D eigenvalue weighted by molar-refractivity contribution is 6.32. The first-order valence-electron chi connectivity index (χ1n) is 8.30. The molecule has 2 saturated heterocycles. The van der Waals surface area contributed by atoms with E-state index in [9.17, 15) is 0 Å². The van der Waals surface area contributed by atoms with Gasteiger partial charge in [-0.2, -0.15) is 0 Å². The average molecular weight is 359 g/mol. The summed E-state index contributed by atoms with van der Waals surface area (Å²) in [6.45, 7) is 7.05. The number of ether oxygens (including phenoxy) is 2. The molecule has 6 heteroatoms. The first-order valence-corrected chi connectivity index (χ1v) is 8.68. The summed E-state index contributed by atoms with van der Waals surface area (Å²) in [4.78, 5) is 2.55. The number of likely N-dealkylation sites (tertiary alicyclic amines) is 1. The van der Waals surface area contributed by atoms with Crippen LogP contribution in [0.4, 0.5) is 0 Å². The van der Waals surface area contributed by atoms with Gasteiger partial charge < -0.3 is 14.8 Å². The molecule has 1 N–H and O–H groups in total. The van der Waals surface area contributed by atoms with Gasteiger partial charge in [-0.3, -0.25) is 4.90 Å². The van der Waals surface area contributed by atoms with Gasteiger partial charge in [-0.1, -0.05) is 11.6 Å². The van der Waals surface area contributed by atoms with E-state index in [0.717, 1.165) is 30.6 Å². The second kappa shape index (κ2) is 7.47. The van der Waals surface area contributed by atoms with Crippen molar-refractivity contribution in [1.29, 1.82) is 0 Å². The molecule has 0 saturated carbocycles. The Morgan fingerprint density at radius 2 is 2.00 bits per heavy atom. The first-order chi connectivity index (χ1) is 10.8. The van der Waals surface area contributed by atoms with Gasteiger partial charge in [0.05, 0.1) is 18.2 Å². The van der Waals surface area contributed by atoms with Gasteiger partial charge >= 0.3 is 0 Å². The lowest BCUT2D eigenvalue weighted by molar-refractivity contribution is 0.142. The molecule has 3 aliphatic heterocycles. The van der Waals surface area contributed by atoms with E-state index in [4.69, 9.17) is 21.1 Å². The summed E-state index contributed by atoms with van der Waals surface area (Å²) in [6.07, 6.45) is 2.21. The van der Waals surface area contributed by atoms with E-state index in [-0.39, 0.29) is 12.4 Å². The lowest BCUT2D eigenvalue weighted by atomic mass is 9.88. The maximum atomic E-state index is 6.39. The largest absolute Gasteiger partial charge is 0.489 e. The fraction of sp³-hybridized carbons (Fsp3) is 0.647. The van der Waals surface area contributed by atoms with Crippen LogP contribution < -0.4 is 14.8 Å². The van der Waals surface area contributed by atoms with E-state index in [1.54, 1.807) is 0 Å². The summed E-state index contributed by atoms with van der Waals surface area (Å²) in [6, 6.07) is 4.14. The molecule has 0 aliphatic carbocycles. The van der Waals surface area contributed by atoms with Crippen LogP contribution in [0.2, 0.25) is 5.02 Å². The first kappa shape index (κ1) is 17.2. The molecule has 0 aromatic heterocycles. The SMILES string of the molecule is Cl.Clc1cc(CN2CCC3CNCC3C2)cc2c1OCCCO2. The zero-order valence-electron chi connectivity index (χ0n) is 13.2. The molecule has 2 fully saturated rings. The Morgan fingerprint density at radius 3 is 2.91 bits per heavy atom. The number of nitrogens with one attached hydrogen (secondary N) is 1. The molecule has 1 aromatic rings. The van der Waals surface area contributed by atoms with Crippen LogP contribution >= 0.6 is 24.0 Å². The number of benzene rings is 1. The quantitative estimate of drug-likeness (QED) is 0.880. The van der Waals surface area contributed by atoms with Crippen molar-refractivity contribution in [1.82, 2.24) is 10.2 Å². The van der Waals surface area contributed by atoms with Gasteiger partial charge in [0.1, 0.15) is 0 Å². The van der Waals surface area contributed by atoms with Gasteiger partial charge in [0.15, 0.2) is 11.5 Å². The number of halogens is 2. The zero-order valence-corrected chi connectivity index (χ0v) is 14.8. The second-order valence-corrected chi connectivity index (χ2v) is 7.06. The number of piperidine rings is 1. The Kier molecular flexibility index (Phi) is 5.57. The highest BCUT2D eigenvalue weighted by atomic mass is 35.5.